The van der Waals surface area contributed by atoms with Gasteiger partial charge in [-0.2, -0.15) is 0 Å². The van der Waals surface area contributed by atoms with Crippen LogP contribution in [0.25, 0.3) is 6.08 Å². The van der Waals surface area contributed by atoms with E-state index in [9.17, 15) is 9.59 Å². The number of thiazole rings is 1. The summed E-state index contributed by atoms with van der Waals surface area (Å²) in [4.78, 5) is 30.4. The van der Waals surface area contributed by atoms with E-state index in [4.69, 9.17) is 0 Å². The zero-order chi connectivity index (χ0) is 19.9. The highest BCUT2D eigenvalue weighted by atomic mass is 32.1. The minimum absolute atomic E-state index is 0.120. The molecule has 0 radical (unpaired) electrons. The summed E-state index contributed by atoms with van der Waals surface area (Å²) >= 11 is 1.35. The second-order valence-corrected chi connectivity index (χ2v) is 6.91. The SMILES string of the molecule is CCc1ccccc1NC(=O)/C=C/c1csc(N(C(C)=O)c2ccccc2)n1. The van der Waals surface area contributed by atoms with Crippen LogP contribution in [0, 0.1) is 0 Å². The number of benzene rings is 2. The van der Waals surface area contributed by atoms with Crippen molar-refractivity contribution in [3.05, 3.63) is 77.3 Å². The third kappa shape index (κ3) is 4.72. The van der Waals surface area contributed by atoms with E-state index >= 15 is 0 Å². The normalized spacial score (nSPS) is 10.8. The van der Waals surface area contributed by atoms with Crippen LogP contribution in [-0.4, -0.2) is 16.8 Å². The van der Waals surface area contributed by atoms with E-state index in [2.05, 4.69) is 10.3 Å². The number of aryl methyl sites for hydroxylation is 1. The van der Waals surface area contributed by atoms with E-state index < -0.39 is 0 Å². The molecule has 0 aliphatic carbocycles. The van der Waals surface area contributed by atoms with Crippen molar-refractivity contribution >= 4 is 45.7 Å². The Morgan fingerprint density at radius 2 is 1.82 bits per heavy atom. The largest absolute Gasteiger partial charge is 0.322 e. The Hall–Kier alpha value is -3.25. The monoisotopic (exact) mass is 391 g/mol. The molecule has 6 heteroatoms. The molecule has 142 valence electrons. The van der Waals surface area contributed by atoms with Gasteiger partial charge in [-0.15, -0.1) is 11.3 Å². The topological polar surface area (TPSA) is 62.3 Å². The van der Waals surface area contributed by atoms with E-state index in [1.54, 1.807) is 11.0 Å². The summed E-state index contributed by atoms with van der Waals surface area (Å²) in [5, 5.41) is 5.27. The highest BCUT2D eigenvalue weighted by Crippen LogP contribution is 2.29. The maximum Gasteiger partial charge on any atom is 0.248 e. The van der Waals surface area contributed by atoms with Gasteiger partial charge in [0.15, 0.2) is 5.13 Å². The van der Waals surface area contributed by atoms with Crippen LogP contribution in [0.5, 0.6) is 0 Å². The van der Waals surface area contributed by atoms with Gasteiger partial charge in [-0.25, -0.2) is 4.98 Å². The predicted molar refractivity (Wildman–Crippen MR) is 115 cm³/mol. The van der Waals surface area contributed by atoms with Crippen LogP contribution in [0.2, 0.25) is 0 Å². The number of anilines is 3. The number of nitrogens with one attached hydrogen (secondary N) is 1. The lowest BCUT2D eigenvalue weighted by atomic mass is 10.1. The number of hydrogen-bond donors (Lipinski definition) is 1. The number of aromatic nitrogens is 1. The molecule has 1 aromatic heterocycles. The second-order valence-electron chi connectivity index (χ2n) is 6.08. The second kappa shape index (κ2) is 9.10. The Balaban J connectivity index is 1.73. The fourth-order valence-corrected chi connectivity index (χ4v) is 3.60. The van der Waals surface area contributed by atoms with Crippen molar-refractivity contribution in [2.24, 2.45) is 0 Å². The molecule has 0 saturated heterocycles. The minimum Gasteiger partial charge on any atom is -0.322 e. The van der Waals surface area contributed by atoms with E-state index in [0.717, 1.165) is 23.4 Å². The number of amides is 2. The fraction of sp³-hybridized carbons (Fsp3) is 0.136. The van der Waals surface area contributed by atoms with Crippen LogP contribution in [0.3, 0.4) is 0 Å². The van der Waals surface area contributed by atoms with Crippen molar-refractivity contribution < 1.29 is 9.59 Å². The Kier molecular flexibility index (Phi) is 6.34. The number of para-hydroxylation sites is 2. The molecule has 3 rings (SSSR count). The Morgan fingerprint density at radius 1 is 1.11 bits per heavy atom. The minimum atomic E-state index is -0.220. The molecule has 1 N–H and O–H groups in total. The van der Waals surface area contributed by atoms with Crippen molar-refractivity contribution in [3.63, 3.8) is 0 Å². The summed E-state index contributed by atoms with van der Waals surface area (Å²) in [5.41, 5.74) is 3.28. The van der Waals surface area contributed by atoms with Crippen molar-refractivity contribution in [1.82, 2.24) is 4.98 Å². The van der Waals surface area contributed by atoms with E-state index in [1.165, 1.54) is 24.3 Å². The van der Waals surface area contributed by atoms with Gasteiger partial charge < -0.3 is 5.32 Å². The van der Waals surface area contributed by atoms with Gasteiger partial charge in [-0.05, 0) is 36.3 Å². The van der Waals surface area contributed by atoms with Crippen LogP contribution >= 0.6 is 11.3 Å². The first kappa shape index (κ1) is 19.5. The van der Waals surface area contributed by atoms with Crippen LogP contribution in [0.15, 0.2) is 66.1 Å². The molecule has 0 bridgehead atoms. The standard InChI is InChI=1S/C22H21N3O2S/c1-3-17-9-7-8-12-20(17)24-21(27)14-13-18-15-28-22(23-18)25(16(2)26)19-10-5-4-6-11-19/h4-15H,3H2,1-2H3,(H,24,27)/b14-13+. The number of carbonyl (C=O) groups excluding carboxylic acids is 2. The molecule has 0 unspecified atom stereocenters. The third-order valence-corrected chi connectivity index (χ3v) is 4.94. The molecule has 0 aliphatic heterocycles. The molecule has 2 aromatic carbocycles. The maximum atomic E-state index is 12.2. The molecule has 28 heavy (non-hydrogen) atoms. The van der Waals surface area contributed by atoms with Gasteiger partial charge in [-0.1, -0.05) is 43.3 Å². The number of nitrogens with zero attached hydrogens (tertiary/aromatic N) is 2. The summed E-state index contributed by atoms with van der Waals surface area (Å²) < 4.78 is 0. The highest BCUT2D eigenvalue weighted by molar-refractivity contribution is 7.14. The molecule has 0 spiro atoms. The van der Waals surface area contributed by atoms with Gasteiger partial charge >= 0.3 is 0 Å². The predicted octanol–water partition coefficient (Wildman–Crippen LogP) is 5.04. The average Bonchev–Trinajstić information content (AvgIpc) is 3.16. The zero-order valence-corrected chi connectivity index (χ0v) is 16.6. The quantitative estimate of drug-likeness (QED) is 0.599. The maximum absolute atomic E-state index is 12.2. The summed E-state index contributed by atoms with van der Waals surface area (Å²) in [7, 11) is 0. The van der Waals surface area contributed by atoms with Gasteiger partial charge in [0.2, 0.25) is 11.8 Å². The lowest BCUT2D eigenvalue weighted by Gasteiger charge is -2.17. The van der Waals surface area contributed by atoms with Crippen molar-refractivity contribution in [1.29, 1.82) is 0 Å². The van der Waals surface area contributed by atoms with Crippen molar-refractivity contribution in [3.8, 4) is 0 Å². The van der Waals surface area contributed by atoms with Gasteiger partial charge in [0, 0.05) is 24.1 Å². The fourth-order valence-electron chi connectivity index (χ4n) is 2.75. The smallest absolute Gasteiger partial charge is 0.248 e. The molecule has 0 fully saturated rings. The zero-order valence-electron chi connectivity index (χ0n) is 15.8. The molecule has 2 amide bonds. The highest BCUT2D eigenvalue weighted by Gasteiger charge is 2.17. The van der Waals surface area contributed by atoms with Crippen LogP contribution in [0.4, 0.5) is 16.5 Å². The van der Waals surface area contributed by atoms with Crippen LogP contribution in [-0.2, 0) is 16.0 Å². The van der Waals surface area contributed by atoms with Crippen LogP contribution in [0.1, 0.15) is 25.1 Å². The molecule has 0 aliphatic rings. The number of carbonyl (C=O) groups is 2. The molecular weight excluding hydrogens is 370 g/mol. The first-order valence-electron chi connectivity index (χ1n) is 8.96. The van der Waals surface area contributed by atoms with Gasteiger partial charge in [0.1, 0.15) is 0 Å². The molecular formula is C22H21N3O2S. The van der Waals surface area contributed by atoms with Gasteiger partial charge in [0.05, 0.1) is 11.4 Å². The lowest BCUT2D eigenvalue weighted by Crippen LogP contribution is -2.22. The first-order valence-corrected chi connectivity index (χ1v) is 9.84. The van der Waals surface area contributed by atoms with Crippen LogP contribution < -0.4 is 10.2 Å². The number of rotatable bonds is 6. The van der Waals surface area contributed by atoms with Gasteiger partial charge in [-0.3, -0.25) is 14.5 Å². The van der Waals surface area contributed by atoms with Gasteiger partial charge in [0.25, 0.3) is 0 Å². The summed E-state index contributed by atoms with van der Waals surface area (Å²) in [5.74, 6) is -0.341. The summed E-state index contributed by atoms with van der Waals surface area (Å²) in [6.07, 6.45) is 3.94. The molecule has 1 heterocycles. The summed E-state index contributed by atoms with van der Waals surface area (Å²) in [6, 6.07) is 17.1. The Labute approximate surface area is 168 Å². The van der Waals surface area contributed by atoms with Crippen molar-refractivity contribution in [2.45, 2.75) is 20.3 Å². The molecule has 3 aromatic rings. The van der Waals surface area contributed by atoms with E-state index in [0.29, 0.717) is 10.8 Å². The first-order chi connectivity index (χ1) is 13.6. The number of hydrogen-bond acceptors (Lipinski definition) is 4. The van der Waals surface area contributed by atoms with E-state index in [1.807, 2.05) is 66.9 Å². The molecule has 0 saturated carbocycles. The average molecular weight is 391 g/mol. The third-order valence-electron chi connectivity index (χ3n) is 4.09. The summed E-state index contributed by atoms with van der Waals surface area (Å²) in [6.45, 7) is 3.55. The Morgan fingerprint density at radius 3 is 2.54 bits per heavy atom. The van der Waals surface area contributed by atoms with E-state index in [-0.39, 0.29) is 11.8 Å². The molecule has 0 atom stereocenters. The van der Waals surface area contributed by atoms with Crippen molar-refractivity contribution in [2.75, 3.05) is 10.2 Å². The lowest BCUT2D eigenvalue weighted by molar-refractivity contribution is -0.116. The molecule has 5 nitrogen and oxygen atoms in total. The Bertz CT molecular complexity index is 996.